The smallest absolute Gasteiger partial charge is 0.410 e. The quantitative estimate of drug-likeness (QED) is 0.454. The van der Waals surface area contributed by atoms with Gasteiger partial charge in [0.15, 0.2) is 0 Å². The van der Waals surface area contributed by atoms with Crippen LogP contribution in [-0.4, -0.2) is 91.7 Å². The highest BCUT2D eigenvalue weighted by molar-refractivity contribution is 5.99. The molecule has 42 heavy (non-hydrogen) atoms. The van der Waals surface area contributed by atoms with Crippen LogP contribution >= 0.6 is 0 Å². The summed E-state index contributed by atoms with van der Waals surface area (Å²) in [5.41, 5.74) is 3.04. The van der Waals surface area contributed by atoms with Crippen molar-refractivity contribution in [2.24, 2.45) is 0 Å². The van der Waals surface area contributed by atoms with Crippen LogP contribution in [0.15, 0.2) is 48.5 Å². The van der Waals surface area contributed by atoms with E-state index >= 15 is 0 Å². The van der Waals surface area contributed by atoms with Gasteiger partial charge in [0.25, 0.3) is 5.91 Å². The van der Waals surface area contributed by atoms with E-state index in [4.69, 9.17) is 9.47 Å². The third-order valence-electron chi connectivity index (χ3n) is 7.52. The maximum atomic E-state index is 13.5. The second-order valence-corrected chi connectivity index (χ2v) is 11.8. The molecular formula is C32H42N4O6. The lowest BCUT2D eigenvalue weighted by molar-refractivity contribution is -0.141. The number of methoxy groups -OCH3 is 1. The fraction of sp³-hybridized carbons (Fsp3) is 0.500. The Morgan fingerprint density at radius 3 is 2.36 bits per heavy atom. The van der Waals surface area contributed by atoms with Crippen LogP contribution < -0.4 is 10.2 Å². The van der Waals surface area contributed by atoms with Gasteiger partial charge in [0.1, 0.15) is 5.60 Å². The van der Waals surface area contributed by atoms with Crippen LogP contribution in [-0.2, 0) is 31.9 Å². The number of carbonyl (C=O) groups is 4. The Kier molecular flexibility index (Phi) is 10.1. The highest BCUT2D eigenvalue weighted by Crippen LogP contribution is 2.26. The minimum atomic E-state index is -0.541. The van der Waals surface area contributed by atoms with Gasteiger partial charge in [-0.15, -0.1) is 0 Å². The van der Waals surface area contributed by atoms with Gasteiger partial charge in [0.2, 0.25) is 5.91 Å². The zero-order chi connectivity index (χ0) is 30.3. The number of anilines is 1. The number of hydrogen-bond acceptors (Lipinski definition) is 7. The third-order valence-corrected chi connectivity index (χ3v) is 7.52. The summed E-state index contributed by atoms with van der Waals surface area (Å²) in [6.07, 6.45) is 1.68. The molecule has 0 bridgehead atoms. The Hall–Kier alpha value is -4.08. The van der Waals surface area contributed by atoms with Gasteiger partial charge in [-0.1, -0.05) is 36.4 Å². The Labute approximate surface area is 247 Å². The molecule has 1 fully saturated rings. The molecule has 4 rings (SSSR count). The number of carbonyl (C=O) groups excluding carboxylic acids is 4. The summed E-state index contributed by atoms with van der Waals surface area (Å²) in [5, 5.41) is 2.95. The lowest BCUT2D eigenvalue weighted by Gasteiger charge is -2.37. The first-order chi connectivity index (χ1) is 20.0. The van der Waals surface area contributed by atoms with E-state index in [0.29, 0.717) is 57.5 Å². The van der Waals surface area contributed by atoms with E-state index in [1.54, 1.807) is 9.80 Å². The highest BCUT2D eigenvalue weighted by atomic mass is 16.6. The van der Waals surface area contributed by atoms with Crippen LogP contribution in [0.1, 0.15) is 55.1 Å². The molecule has 0 aliphatic carbocycles. The maximum absolute atomic E-state index is 13.5. The highest BCUT2D eigenvalue weighted by Gasteiger charge is 2.30. The van der Waals surface area contributed by atoms with E-state index < -0.39 is 17.6 Å². The van der Waals surface area contributed by atoms with Crippen molar-refractivity contribution in [1.29, 1.82) is 0 Å². The fourth-order valence-electron chi connectivity index (χ4n) is 5.27. The van der Waals surface area contributed by atoms with Crippen molar-refractivity contribution < 1.29 is 28.7 Å². The number of nitrogens with zero attached hydrogens (tertiary/aromatic N) is 3. The first-order valence-electron chi connectivity index (χ1n) is 14.6. The zero-order valence-electron chi connectivity index (χ0n) is 25.1. The topological polar surface area (TPSA) is 108 Å². The maximum Gasteiger partial charge on any atom is 0.410 e. The Morgan fingerprint density at radius 2 is 1.69 bits per heavy atom. The average molecular weight is 579 g/mol. The Morgan fingerprint density at radius 1 is 0.976 bits per heavy atom. The number of benzene rings is 2. The number of nitrogens with one attached hydrogen (secondary N) is 1. The van der Waals surface area contributed by atoms with Crippen molar-refractivity contribution in [1.82, 2.24) is 15.1 Å². The summed E-state index contributed by atoms with van der Waals surface area (Å²) in [5.74, 6) is -0.881. The molecule has 10 nitrogen and oxygen atoms in total. The van der Waals surface area contributed by atoms with Crippen molar-refractivity contribution in [3.63, 3.8) is 0 Å². The van der Waals surface area contributed by atoms with Crippen LogP contribution in [0.3, 0.4) is 0 Å². The Bertz CT molecular complexity index is 1270. The molecule has 2 aromatic rings. The van der Waals surface area contributed by atoms with E-state index in [1.807, 2.05) is 69.3 Å². The summed E-state index contributed by atoms with van der Waals surface area (Å²) in [4.78, 5) is 56.4. The molecule has 0 spiro atoms. The zero-order valence-corrected chi connectivity index (χ0v) is 25.1. The molecule has 2 aliphatic rings. The van der Waals surface area contributed by atoms with Crippen molar-refractivity contribution in [3.8, 4) is 0 Å². The first-order valence-corrected chi connectivity index (χ1v) is 14.6. The van der Waals surface area contributed by atoms with Gasteiger partial charge in [-0.25, -0.2) is 4.79 Å². The van der Waals surface area contributed by atoms with Gasteiger partial charge in [-0.05, 0) is 63.3 Å². The first kappa shape index (κ1) is 30.9. The largest absolute Gasteiger partial charge is 0.469 e. The van der Waals surface area contributed by atoms with E-state index in [2.05, 4.69) is 10.2 Å². The Balaban J connectivity index is 1.35. The number of rotatable bonds is 9. The second-order valence-electron chi connectivity index (χ2n) is 11.8. The predicted octanol–water partition coefficient (Wildman–Crippen LogP) is 3.42. The van der Waals surface area contributed by atoms with Crippen LogP contribution in [0.2, 0.25) is 0 Å². The van der Waals surface area contributed by atoms with E-state index in [1.165, 1.54) is 7.11 Å². The molecule has 1 N–H and O–H groups in total. The van der Waals surface area contributed by atoms with Gasteiger partial charge >= 0.3 is 12.1 Å². The van der Waals surface area contributed by atoms with Gasteiger partial charge in [-0.3, -0.25) is 14.4 Å². The number of aryl methyl sites for hydroxylation is 1. The molecule has 3 amide bonds. The van der Waals surface area contributed by atoms with E-state index in [-0.39, 0.29) is 30.9 Å². The number of piperazine rings is 1. The molecule has 0 aromatic heterocycles. The summed E-state index contributed by atoms with van der Waals surface area (Å²) in [6.45, 7) is 8.23. The van der Waals surface area contributed by atoms with Crippen LogP contribution in [0.5, 0.6) is 0 Å². The van der Waals surface area contributed by atoms with Gasteiger partial charge in [-0.2, -0.15) is 0 Å². The molecule has 1 saturated heterocycles. The molecular weight excluding hydrogens is 536 g/mol. The molecule has 226 valence electrons. The van der Waals surface area contributed by atoms with Crippen molar-refractivity contribution in [2.75, 3.05) is 51.3 Å². The van der Waals surface area contributed by atoms with E-state index in [0.717, 1.165) is 16.8 Å². The van der Waals surface area contributed by atoms with Crippen LogP contribution in [0.4, 0.5) is 10.5 Å². The molecule has 2 aromatic carbocycles. The molecule has 10 heteroatoms. The van der Waals surface area contributed by atoms with Gasteiger partial charge in [0.05, 0.1) is 20.1 Å². The minimum Gasteiger partial charge on any atom is -0.469 e. The van der Waals surface area contributed by atoms with Crippen molar-refractivity contribution >= 4 is 29.6 Å². The van der Waals surface area contributed by atoms with Crippen molar-refractivity contribution in [3.05, 3.63) is 65.2 Å². The molecule has 1 unspecified atom stereocenters. The SMILES string of the molecule is COC(=O)CC(CCc1ccccc1)NC(=O)CN1CCc2ccc(N3CCN(C(=O)OC(C)(C)C)CC3)cc2C1=O. The molecule has 0 saturated carbocycles. The standard InChI is InChI=1S/C32H42N4O6/c1-32(2,3)42-31(40)35-18-16-34(17-19-35)26-13-11-24-14-15-36(30(39)27(24)21-26)22-28(37)33-25(20-29(38)41-4)12-10-23-8-6-5-7-9-23/h5-9,11,13,21,25H,10,12,14-20,22H2,1-4H3,(H,33,37). The second kappa shape index (κ2) is 13.7. The molecule has 1 atom stereocenters. The van der Waals surface area contributed by atoms with E-state index in [9.17, 15) is 19.2 Å². The summed E-state index contributed by atoms with van der Waals surface area (Å²) in [6, 6.07) is 15.4. The van der Waals surface area contributed by atoms with Gasteiger partial charge < -0.3 is 29.5 Å². The predicted molar refractivity (Wildman–Crippen MR) is 159 cm³/mol. The fourth-order valence-corrected chi connectivity index (χ4v) is 5.27. The lowest BCUT2D eigenvalue weighted by atomic mass is 9.97. The van der Waals surface area contributed by atoms with Crippen LogP contribution in [0.25, 0.3) is 0 Å². The summed E-state index contributed by atoms with van der Waals surface area (Å²) < 4.78 is 10.3. The van der Waals surface area contributed by atoms with Crippen LogP contribution in [0, 0.1) is 0 Å². The average Bonchev–Trinajstić information content (AvgIpc) is 2.97. The molecule has 2 heterocycles. The number of esters is 1. The lowest BCUT2D eigenvalue weighted by Crippen LogP contribution is -2.50. The number of amides is 3. The molecule has 0 radical (unpaired) electrons. The summed E-state index contributed by atoms with van der Waals surface area (Å²) >= 11 is 0. The number of hydrogen-bond donors (Lipinski definition) is 1. The number of fused-ring (bicyclic) bond motifs is 1. The normalized spacial score (nSPS) is 16.0. The monoisotopic (exact) mass is 578 g/mol. The van der Waals surface area contributed by atoms with Gasteiger partial charge in [0, 0.05) is 50.0 Å². The molecule has 2 aliphatic heterocycles. The minimum absolute atomic E-state index is 0.0659. The van der Waals surface area contributed by atoms with Crippen molar-refractivity contribution in [2.45, 2.75) is 58.1 Å². The number of ether oxygens (including phenoxy) is 2. The third kappa shape index (κ3) is 8.47. The summed E-state index contributed by atoms with van der Waals surface area (Å²) in [7, 11) is 1.33.